The number of rotatable bonds is 10. The summed E-state index contributed by atoms with van der Waals surface area (Å²) in [6.45, 7) is 1.68. The highest BCUT2D eigenvalue weighted by molar-refractivity contribution is 5.76. The van der Waals surface area contributed by atoms with Crippen LogP contribution in [0, 0.1) is 5.92 Å². The van der Waals surface area contributed by atoms with Gasteiger partial charge in [-0.2, -0.15) is 0 Å². The van der Waals surface area contributed by atoms with Gasteiger partial charge in [0.1, 0.15) is 11.8 Å². The van der Waals surface area contributed by atoms with Crippen LogP contribution in [0.5, 0.6) is 5.75 Å². The minimum atomic E-state index is -0.798. The van der Waals surface area contributed by atoms with Gasteiger partial charge in [-0.1, -0.05) is 37.1 Å². The molecule has 2 aliphatic rings. The van der Waals surface area contributed by atoms with E-state index in [2.05, 4.69) is 17.0 Å². The monoisotopic (exact) mass is 436 g/mol. The number of pyridine rings is 1. The molecule has 1 unspecified atom stereocenters. The van der Waals surface area contributed by atoms with Crippen molar-refractivity contribution in [3.63, 3.8) is 0 Å². The summed E-state index contributed by atoms with van der Waals surface area (Å²) in [7, 11) is 1.60. The molecule has 0 spiro atoms. The van der Waals surface area contributed by atoms with Crippen molar-refractivity contribution in [1.29, 1.82) is 0 Å². The number of carboxylic acids is 1. The first-order valence-electron chi connectivity index (χ1n) is 12.2. The van der Waals surface area contributed by atoms with Crippen LogP contribution in [0.2, 0.25) is 0 Å². The number of hydrogen-bond donors (Lipinski definition) is 1. The molecule has 1 fully saturated rings. The van der Waals surface area contributed by atoms with Gasteiger partial charge in [-0.3, -0.25) is 14.7 Å². The minimum absolute atomic E-state index is 0.577. The van der Waals surface area contributed by atoms with E-state index in [1.54, 1.807) is 7.11 Å². The van der Waals surface area contributed by atoms with Crippen molar-refractivity contribution < 1.29 is 14.6 Å². The molecule has 2 atom stereocenters. The highest BCUT2D eigenvalue weighted by Gasteiger charge is 2.34. The van der Waals surface area contributed by atoms with E-state index >= 15 is 0 Å². The minimum Gasteiger partial charge on any atom is -0.496 e. The van der Waals surface area contributed by atoms with Gasteiger partial charge in [0, 0.05) is 23.5 Å². The Morgan fingerprint density at radius 2 is 2.00 bits per heavy atom. The van der Waals surface area contributed by atoms with Gasteiger partial charge in [0.05, 0.1) is 7.11 Å². The number of benzene rings is 1. The second-order valence-electron chi connectivity index (χ2n) is 9.35. The quantitative estimate of drug-likeness (QED) is 0.518. The zero-order valence-corrected chi connectivity index (χ0v) is 19.3. The number of aliphatic carboxylic acids is 1. The van der Waals surface area contributed by atoms with Crippen LogP contribution in [0.1, 0.15) is 73.5 Å². The first-order valence-corrected chi connectivity index (χ1v) is 12.2. The van der Waals surface area contributed by atoms with Crippen molar-refractivity contribution in [2.75, 3.05) is 20.2 Å². The molecule has 32 heavy (non-hydrogen) atoms. The van der Waals surface area contributed by atoms with Gasteiger partial charge in [-0.25, -0.2) is 0 Å². The van der Waals surface area contributed by atoms with Crippen LogP contribution < -0.4 is 4.74 Å². The standard InChI is InChI=1S/C27H36N2O3/c1-32-25-14-8-6-12-23(25)26(27(30)31)29-18-17-20(19-29)9-3-2-4-11-22-16-15-21-10-5-7-13-24(21)28-22/h6,8,12,14-16,20,26H,2-5,7,9-11,13,17-19H2,1H3,(H,30,31)/t20-,26?/m1/s1. The molecule has 1 aromatic carbocycles. The van der Waals surface area contributed by atoms with Crippen molar-refractivity contribution in [3.05, 3.63) is 58.9 Å². The third-order valence-electron chi connectivity index (χ3n) is 7.13. The normalized spacial score (nSPS) is 19.5. The predicted octanol–water partition coefficient (Wildman–Crippen LogP) is 5.22. The van der Waals surface area contributed by atoms with Crippen LogP contribution in [0.3, 0.4) is 0 Å². The van der Waals surface area contributed by atoms with Crippen molar-refractivity contribution in [2.24, 2.45) is 5.92 Å². The van der Waals surface area contributed by atoms with Crippen molar-refractivity contribution in [2.45, 2.75) is 70.3 Å². The number of nitrogens with zero attached hydrogens (tertiary/aromatic N) is 2. The molecular formula is C27H36N2O3. The van der Waals surface area contributed by atoms with Gasteiger partial charge in [0.15, 0.2) is 0 Å². The highest BCUT2D eigenvalue weighted by atomic mass is 16.5. The van der Waals surface area contributed by atoms with E-state index in [0.29, 0.717) is 11.7 Å². The Labute approximate surface area is 191 Å². The highest BCUT2D eigenvalue weighted by Crippen LogP contribution is 2.34. The lowest BCUT2D eigenvalue weighted by atomic mass is 9.95. The van der Waals surface area contributed by atoms with Gasteiger partial charge >= 0.3 is 5.97 Å². The lowest BCUT2D eigenvalue weighted by Crippen LogP contribution is -2.32. The summed E-state index contributed by atoms with van der Waals surface area (Å²) < 4.78 is 5.43. The topological polar surface area (TPSA) is 62.7 Å². The van der Waals surface area contributed by atoms with Gasteiger partial charge < -0.3 is 9.84 Å². The molecule has 1 N–H and O–H groups in total. The molecule has 5 heteroatoms. The summed E-state index contributed by atoms with van der Waals surface area (Å²) in [5.41, 5.74) is 4.79. The smallest absolute Gasteiger partial charge is 0.325 e. The second kappa shape index (κ2) is 11.0. The number of aromatic nitrogens is 1. The van der Waals surface area contributed by atoms with E-state index in [0.717, 1.165) is 37.9 Å². The second-order valence-corrected chi connectivity index (χ2v) is 9.35. The van der Waals surface area contributed by atoms with Crippen LogP contribution in [-0.4, -0.2) is 41.2 Å². The number of methoxy groups -OCH3 is 1. The summed E-state index contributed by atoms with van der Waals surface area (Å²) in [6, 6.07) is 11.4. The van der Waals surface area contributed by atoms with Gasteiger partial charge in [-0.15, -0.1) is 0 Å². The number of ether oxygens (including phenoxy) is 1. The Hall–Kier alpha value is -2.40. The first kappa shape index (κ1) is 22.8. The molecule has 0 saturated carbocycles. The number of carbonyl (C=O) groups is 1. The summed E-state index contributed by atoms with van der Waals surface area (Å²) in [6.07, 6.45) is 11.8. The van der Waals surface area contributed by atoms with Gasteiger partial charge in [0.25, 0.3) is 0 Å². The van der Waals surface area contributed by atoms with Gasteiger partial charge in [0.2, 0.25) is 0 Å². The molecular weight excluding hydrogens is 400 g/mol. The number of unbranched alkanes of at least 4 members (excludes halogenated alkanes) is 2. The molecule has 0 radical (unpaired) electrons. The maximum Gasteiger partial charge on any atom is 0.325 e. The Balaban J connectivity index is 1.22. The Bertz CT molecular complexity index is 914. The number of fused-ring (bicyclic) bond motifs is 1. The van der Waals surface area contributed by atoms with Crippen molar-refractivity contribution in [1.82, 2.24) is 9.88 Å². The number of likely N-dealkylation sites (tertiary alicyclic amines) is 1. The van der Waals surface area contributed by atoms with E-state index in [1.807, 2.05) is 24.3 Å². The third-order valence-corrected chi connectivity index (χ3v) is 7.13. The van der Waals surface area contributed by atoms with Crippen LogP contribution in [0.15, 0.2) is 36.4 Å². The fourth-order valence-electron chi connectivity index (χ4n) is 5.39. The molecule has 2 aromatic rings. The lowest BCUT2D eigenvalue weighted by Gasteiger charge is -2.26. The van der Waals surface area contributed by atoms with Crippen molar-refractivity contribution >= 4 is 5.97 Å². The summed E-state index contributed by atoms with van der Waals surface area (Å²) in [5, 5.41) is 9.92. The lowest BCUT2D eigenvalue weighted by molar-refractivity contribution is -0.143. The Kier molecular flexibility index (Phi) is 7.80. The fourth-order valence-corrected chi connectivity index (χ4v) is 5.39. The SMILES string of the molecule is COc1ccccc1C(C(=O)O)N1CC[C@@H](CCCCCc2ccc3c(n2)CCCC3)C1. The van der Waals surface area contributed by atoms with E-state index < -0.39 is 12.0 Å². The van der Waals surface area contributed by atoms with Crippen LogP contribution in [0.25, 0.3) is 0 Å². The fraction of sp³-hybridized carbons (Fsp3) is 0.556. The van der Waals surface area contributed by atoms with Crippen LogP contribution >= 0.6 is 0 Å². The summed E-state index contributed by atoms with van der Waals surface area (Å²) in [4.78, 5) is 19.1. The maximum absolute atomic E-state index is 12.1. The molecule has 0 amide bonds. The summed E-state index contributed by atoms with van der Waals surface area (Å²) in [5.74, 6) is 0.431. The molecule has 1 aromatic heterocycles. The van der Waals surface area contributed by atoms with E-state index in [-0.39, 0.29) is 0 Å². The molecule has 1 aliphatic carbocycles. The zero-order valence-electron chi connectivity index (χ0n) is 19.3. The van der Waals surface area contributed by atoms with E-state index in [1.165, 1.54) is 61.9 Å². The van der Waals surface area contributed by atoms with Crippen LogP contribution in [-0.2, 0) is 24.1 Å². The molecule has 5 nitrogen and oxygen atoms in total. The number of carboxylic acid groups (broad SMARTS) is 1. The molecule has 2 heterocycles. The number of hydrogen-bond acceptors (Lipinski definition) is 4. The number of aryl methyl sites for hydroxylation is 3. The Morgan fingerprint density at radius 1 is 1.16 bits per heavy atom. The molecule has 172 valence electrons. The zero-order chi connectivity index (χ0) is 22.3. The Morgan fingerprint density at radius 3 is 2.84 bits per heavy atom. The third kappa shape index (κ3) is 5.50. The largest absolute Gasteiger partial charge is 0.496 e. The molecule has 4 rings (SSSR count). The first-order chi connectivity index (χ1) is 15.7. The predicted molar refractivity (Wildman–Crippen MR) is 126 cm³/mol. The van der Waals surface area contributed by atoms with E-state index in [9.17, 15) is 9.90 Å². The molecule has 1 aliphatic heterocycles. The van der Waals surface area contributed by atoms with E-state index in [4.69, 9.17) is 9.72 Å². The molecule has 0 bridgehead atoms. The average Bonchev–Trinajstić information content (AvgIpc) is 3.27. The average molecular weight is 437 g/mol. The van der Waals surface area contributed by atoms with Crippen molar-refractivity contribution in [3.8, 4) is 5.75 Å². The number of para-hydroxylation sites is 1. The summed E-state index contributed by atoms with van der Waals surface area (Å²) >= 11 is 0. The molecule has 1 saturated heterocycles. The maximum atomic E-state index is 12.1. The van der Waals surface area contributed by atoms with Crippen LogP contribution in [0.4, 0.5) is 0 Å². The van der Waals surface area contributed by atoms with Gasteiger partial charge in [-0.05, 0) is 81.5 Å².